The van der Waals surface area contributed by atoms with Crippen LogP contribution in [0.15, 0.2) is 47.3 Å². The average molecular weight is 314 g/mol. The highest BCUT2D eigenvalue weighted by Gasteiger charge is 2.24. The van der Waals surface area contributed by atoms with Crippen LogP contribution >= 0.6 is 0 Å². The van der Waals surface area contributed by atoms with Crippen molar-refractivity contribution in [1.82, 2.24) is 15.2 Å². The molecular weight excluding hydrogens is 292 g/mol. The molecule has 1 unspecified atom stereocenters. The van der Waals surface area contributed by atoms with Crippen LogP contribution in [0.1, 0.15) is 31.1 Å². The minimum absolute atomic E-state index is 0.0740. The fraction of sp³-hybridized carbons (Fsp3) is 0.412. The van der Waals surface area contributed by atoms with E-state index < -0.39 is 0 Å². The first kappa shape index (κ1) is 15.6. The number of rotatable bonds is 5. The van der Waals surface area contributed by atoms with Crippen molar-refractivity contribution in [2.24, 2.45) is 0 Å². The van der Waals surface area contributed by atoms with Gasteiger partial charge < -0.3 is 15.1 Å². The molecule has 3 heterocycles. The van der Waals surface area contributed by atoms with Crippen molar-refractivity contribution in [3.05, 3.63) is 48.7 Å². The predicted octanol–water partition coefficient (Wildman–Crippen LogP) is 3.02. The second-order valence-corrected chi connectivity index (χ2v) is 5.70. The third kappa shape index (κ3) is 4.32. The van der Waals surface area contributed by atoms with Gasteiger partial charge in [-0.05, 0) is 50.2 Å². The lowest BCUT2D eigenvalue weighted by Gasteiger charge is -2.33. The minimum atomic E-state index is -0.230. The summed E-state index contributed by atoms with van der Waals surface area (Å²) in [4.78, 5) is 18.4. The van der Waals surface area contributed by atoms with Crippen molar-refractivity contribution >= 4 is 11.7 Å². The van der Waals surface area contributed by atoms with Gasteiger partial charge in [0.1, 0.15) is 5.76 Å². The lowest BCUT2D eigenvalue weighted by molar-refractivity contribution is 0.144. The fourth-order valence-corrected chi connectivity index (χ4v) is 2.92. The van der Waals surface area contributed by atoms with Gasteiger partial charge in [-0.3, -0.25) is 9.88 Å². The zero-order valence-corrected chi connectivity index (χ0v) is 13.1. The Kier molecular flexibility index (Phi) is 5.26. The summed E-state index contributed by atoms with van der Waals surface area (Å²) >= 11 is 0. The number of nitrogens with one attached hydrogen (secondary N) is 2. The fourth-order valence-electron chi connectivity index (χ4n) is 2.92. The van der Waals surface area contributed by atoms with E-state index in [0.717, 1.165) is 18.8 Å². The number of hydrogen-bond donors (Lipinski definition) is 2. The third-order valence-electron chi connectivity index (χ3n) is 4.08. The van der Waals surface area contributed by atoms with Crippen LogP contribution in [-0.4, -0.2) is 35.5 Å². The van der Waals surface area contributed by atoms with E-state index in [1.54, 1.807) is 30.8 Å². The molecule has 2 N–H and O–H groups in total. The van der Waals surface area contributed by atoms with E-state index in [-0.39, 0.29) is 12.1 Å². The Hall–Kier alpha value is -2.34. The van der Waals surface area contributed by atoms with Crippen LogP contribution in [0.3, 0.4) is 0 Å². The molecular formula is C17H22N4O2. The van der Waals surface area contributed by atoms with E-state index in [0.29, 0.717) is 12.2 Å². The normalized spacial score (nSPS) is 16.7. The van der Waals surface area contributed by atoms with Crippen LogP contribution in [0.5, 0.6) is 0 Å². The van der Waals surface area contributed by atoms with E-state index in [1.807, 2.05) is 12.1 Å². The number of likely N-dealkylation sites (tertiary alicyclic amines) is 1. The maximum Gasteiger partial charge on any atom is 0.319 e. The van der Waals surface area contributed by atoms with Crippen LogP contribution in [0.4, 0.5) is 10.5 Å². The molecule has 122 valence electrons. The summed E-state index contributed by atoms with van der Waals surface area (Å²) < 4.78 is 5.58. The highest BCUT2D eigenvalue weighted by molar-refractivity contribution is 5.88. The number of urea groups is 1. The van der Waals surface area contributed by atoms with Gasteiger partial charge in [-0.2, -0.15) is 0 Å². The van der Waals surface area contributed by atoms with Crippen LogP contribution in [0.2, 0.25) is 0 Å². The number of pyridine rings is 1. The highest BCUT2D eigenvalue weighted by atomic mass is 16.3. The van der Waals surface area contributed by atoms with E-state index in [2.05, 4.69) is 20.5 Å². The number of furan rings is 1. The van der Waals surface area contributed by atoms with Gasteiger partial charge >= 0.3 is 6.03 Å². The topological polar surface area (TPSA) is 70.4 Å². The monoisotopic (exact) mass is 314 g/mol. The smallest absolute Gasteiger partial charge is 0.319 e. The standard InChI is InChI=1S/C17H22N4O2/c22-17(20-14-6-4-8-18-12-14)19-13-15(16-7-5-11-23-16)21-9-2-1-3-10-21/h4-8,11-12,15H,1-3,9-10,13H2,(H2,19,20,22). The molecule has 0 aromatic carbocycles. The molecule has 2 aromatic heterocycles. The van der Waals surface area contributed by atoms with Crippen LogP contribution in [0, 0.1) is 0 Å². The highest BCUT2D eigenvalue weighted by Crippen LogP contribution is 2.24. The maximum absolute atomic E-state index is 12.1. The average Bonchev–Trinajstić information content (AvgIpc) is 3.11. The zero-order valence-electron chi connectivity index (χ0n) is 13.1. The first-order valence-electron chi connectivity index (χ1n) is 8.05. The van der Waals surface area contributed by atoms with Gasteiger partial charge in [0.2, 0.25) is 0 Å². The summed E-state index contributed by atoms with van der Waals surface area (Å²) in [6.07, 6.45) is 8.64. The number of hydrogen-bond acceptors (Lipinski definition) is 4. The van der Waals surface area contributed by atoms with Gasteiger partial charge in [0.25, 0.3) is 0 Å². The molecule has 1 aliphatic heterocycles. The number of carbonyl (C=O) groups excluding carboxylic acids is 1. The Morgan fingerprint density at radius 2 is 2.13 bits per heavy atom. The molecule has 1 aliphatic rings. The number of anilines is 1. The van der Waals surface area contributed by atoms with Crippen LogP contribution in [0.25, 0.3) is 0 Å². The molecule has 1 saturated heterocycles. The van der Waals surface area contributed by atoms with Gasteiger partial charge in [0.15, 0.2) is 0 Å². The van der Waals surface area contributed by atoms with Gasteiger partial charge in [-0.1, -0.05) is 6.42 Å². The second kappa shape index (κ2) is 7.78. The number of amides is 2. The van der Waals surface area contributed by atoms with Gasteiger partial charge in [0.05, 0.1) is 24.2 Å². The molecule has 0 radical (unpaired) electrons. The number of piperidine rings is 1. The summed E-state index contributed by atoms with van der Waals surface area (Å²) in [6, 6.07) is 7.30. The molecule has 0 saturated carbocycles. The Morgan fingerprint density at radius 1 is 1.26 bits per heavy atom. The van der Waals surface area contributed by atoms with E-state index >= 15 is 0 Å². The van der Waals surface area contributed by atoms with Crippen molar-refractivity contribution < 1.29 is 9.21 Å². The summed E-state index contributed by atoms with van der Waals surface area (Å²) in [7, 11) is 0. The first-order valence-corrected chi connectivity index (χ1v) is 8.05. The van der Waals surface area contributed by atoms with E-state index in [9.17, 15) is 4.79 Å². The third-order valence-corrected chi connectivity index (χ3v) is 4.08. The minimum Gasteiger partial charge on any atom is -0.468 e. The predicted molar refractivity (Wildman–Crippen MR) is 88.1 cm³/mol. The molecule has 0 spiro atoms. The lowest BCUT2D eigenvalue weighted by atomic mass is 10.1. The van der Waals surface area contributed by atoms with Crippen molar-refractivity contribution in [2.45, 2.75) is 25.3 Å². The molecule has 3 rings (SSSR count). The molecule has 2 aromatic rings. The zero-order chi connectivity index (χ0) is 15.9. The van der Waals surface area contributed by atoms with Crippen molar-refractivity contribution in [2.75, 3.05) is 25.0 Å². The Bertz CT molecular complexity index is 594. The first-order chi connectivity index (χ1) is 11.3. The molecule has 0 aliphatic carbocycles. The molecule has 2 amide bonds. The number of aromatic nitrogens is 1. The number of nitrogens with zero attached hydrogens (tertiary/aromatic N) is 2. The van der Waals surface area contributed by atoms with Gasteiger partial charge in [-0.25, -0.2) is 4.79 Å². The van der Waals surface area contributed by atoms with Crippen LogP contribution in [-0.2, 0) is 0 Å². The summed E-state index contributed by atoms with van der Waals surface area (Å²) in [5.41, 5.74) is 0.678. The maximum atomic E-state index is 12.1. The largest absolute Gasteiger partial charge is 0.468 e. The molecule has 1 fully saturated rings. The summed E-state index contributed by atoms with van der Waals surface area (Å²) in [5, 5.41) is 5.72. The van der Waals surface area contributed by atoms with E-state index in [4.69, 9.17) is 4.42 Å². The van der Waals surface area contributed by atoms with Crippen molar-refractivity contribution in [3.8, 4) is 0 Å². The van der Waals surface area contributed by atoms with Gasteiger partial charge in [-0.15, -0.1) is 0 Å². The molecule has 6 heteroatoms. The molecule has 23 heavy (non-hydrogen) atoms. The summed E-state index contributed by atoms with van der Waals surface area (Å²) in [6.45, 7) is 2.59. The lowest BCUT2D eigenvalue weighted by Crippen LogP contribution is -2.41. The Labute approximate surface area is 135 Å². The van der Waals surface area contributed by atoms with Crippen LogP contribution < -0.4 is 10.6 Å². The molecule has 6 nitrogen and oxygen atoms in total. The summed E-state index contributed by atoms with van der Waals surface area (Å²) in [5.74, 6) is 0.897. The molecule has 1 atom stereocenters. The number of carbonyl (C=O) groups is 1. The molecule has 0 bridgehead atoms. The van der Waals surface area contributed by atoms with Crippen molar-refractivity contribution in [1.29, 1.82) is 0 Å². The quantitative estimate of drug-likeness (QED) is 0.890. The van der Waals surface area contributed by atoms with Gasteiger partial charge in [0, 0.05) is 12.7 Å². The van der Waals surface area contributed by atoms with Crippen molar-refractivity contribution in [3.63, 3.8) is 0 Å². The van der Waals surface area contributed by atoms with E-state index in [1.165, 1.54) is 19.3 Å². The Morgan fingerprint density at radius 3 is 2.83 bits per heavy atom. The SMILES string of the molecule is O=C(NCC(c1ccco1)N1CCCCC1)Nc1cccnc1. The Balaban J connectivity index is 1.59. The second-order valence-electron chi connectivity index (χ2n) is 5.70.